The predicted molar refractivity (Wildman–Crippen MR) is 101 cm³/mol. The van der Waals surface area contributed by atoms with Gasteiger partial charge in [0, 0.05) is 10.1 Å². The van der Waals surface area contributed by atoms with Crippen LogP contribution in [-0.2, 0) is 0 Å². The van der Waals surface area contributed by atoms with Crippen LogP contribution in [0.1, 0.15) is 13.3 Å². The predicted octanol–water partition coefficient (Wildman–Crippen LogP) is 5.32. The maximum atomic E-state index is 14.4. The van der Waals surface area contributed by atoms with Gasteiger partial charge < -0.3 is 15.1 Å². The van der Waals surface area contributed by atoms with Crippen LogP contribution in [0, 0.1) is 21.0 Å². The highest BCUT2D eigenvalue weighted by atomic mass is 127. The van der Waals surface area contributed by atoms with Crippen molar-refractivity contribution in [3.05, 3.63) is 51.4 Å². The Balaban J connectivity index is 2.01. The van der Waals surface area contributed by atoms with Crippen molar-refractivity contribution in [1.82, 2.24) is 10.2 Å². The number of nitrogens with zero attached hydrogens (tertiary/aromatic N) is 2. The van der Waals surface area contributed by atoms with E-state index in [1.165, 1.54) is 18.2 Å². The van der Waals surface area contributed by atoms with E-state index in [1.807, 2.05) is 29.5 Å². The van der Waals surface area contributed by atoms with Gasteiger partial charge in [-0.15, -0.1) is 5.10 Å². The summed E-state index contributed by atoms with van der Waals surface area (Å²) in [6.07, 6.45) is 0.849. The van der Waals surface area contributed by atoms with E-state index in [9.17, 15) is 13.2 Å². The maximum absolute atomic E-state index is 14.4. The van der Waals surface area contributed by atoms with Gasteiger partial charge >= 0.3 is 6.01 Å². The molecule has 9 heteroatoms. The second-order valence-corrected chi connectivity index (χ2v) is 6.62. The summed E-state index contributed by atoms with van der Waals surface area (Å²) in [4.78, 5) is 0. The molecule has 0 spiro atoms. The normalized spacial score (nSPS) is 10.8. The van der Waals surface area contributed by atoms with Gasteiger partial charge in [0.15, 0.2) is 11.6 Å². The van der Waals surface area contributed by atoms with E-state index in [1.54, 1.807) is 6.07 Å². The van der Waals surface area contributed by atoms with Gasteiger partial charge in [-0.25, -0.2) is 13.2 Å². The molecule has 136 valence electrons. The Kier molecular flexibility index (Phi) is 5.64. The van der Waals surface area contributed by atoms with Crippen LogP contribution < -0.4 is 10.6 Å². The summed E-state index contributed by atoms with van der Waals surface area (Å²) in [5.41, 5.74) is -0.158. The van der Waals surface area contributed by atoms with Crippen LogP contribution >= 0.6 is 22.6 Å². The minimum atomic E-state index is -1.17. The number of aromatic nitrogens is 2. The molecule has 0 aliphatic heterocycles. The van der Waals surface area contributed by atoms with Gasteiger partial charge in [0.25, 0.3) is 5.89 Å². The first-order valence-corrected chi connectivity index (χ1v) is 8.85. The van der Waals surface area contributed by atoms with Crippen molar-refractivity contribution in [2.45, 2.75) is 13.3 Å². The molecular formula is C17H14F3IN4O. The first kappa shape index (κ1) is 18.5. The molecule has 0 fully saturated rings. The molecule has 0 saturated heterocycles. The van der Waals surface area contributed by atoms with E-state index < -0.39 is 17.5 Å². The van der Waals surface area contributed by atoms with Crippen LogP contribution in [0.15, 0.2) is 34.7 Å². The van der Waals surface area contributed by atoms with Gasteiger partial charge in [-0.05, 0) is 59.3 Å². The molecule has 0 radical (unpaired) electrons. The van der Waals surface area contributed by atoms with Crippen molar-refractivity contribution in [1.29, 1.82) is 0 Å². The second-order valence-electron chi connectivity index (χ2n) is 5.37. The van der Waals surface area contributed by atoms with E-state index in [-0.39, 0.29) is 28.8 Å². The highest BCUT2D eigenvalue weighted by Gasteiger charge is 2.20. The molecule has 26 heavy (non-hydrogen) atoms. The summed E-state index contributed by atoms with van der Waals surface area (Å²) in [7, 11) is 0. The van der Waals surface area contributed by atoms with Crippen LogP contribution in [0.25, 0.3) is 11.5 Å². The molecule has 3 aromatic rings. The van der Waals surface area contributed by atoms with Gasteiger partial charge in [0.05, 0.1) is 16.9 Å². The quantitative estimate of drug-likeness (QED) is 0.474. The summed E-state index contributed by atoms with van der Waals surface area (Å²) in [5, 5.41) is 13.2. The van der Waals surface area contributed by atoms with Crippen molar-refractivity contribution in [2.24, 2.45) is 0 Å². The highest BCUT2D eigenvalue weighted by Crippen LogP contribution is 2.34. The van der Waals surface area contributed by atoms with Gasteiger partial charge in [0.2, 0.25) is 0 Å². The lowest BCUT2D eigenvalue weighted by atomic mass is 10.1. The molecule has 1 aromatic heterocycles. The minimum absolute atomic E-state index is 0.0000118. The van der Waals surface area contributed by atoms with Gasteiger partial charge in [-0.2, -0.15) is 0 Å². The summed E-state index contributed by atoms with van der Waals surface area (Å²) >= 11 is 1.95. The zero-order valence-electron chi connectivity index (χ0n) is 13.6. The molecular weight excluding hydrogens is 460 g/mol. The fourth-order valence-corrected chi connectivity index (χ4v) is 2.67. The van der Waals surface area contributed by atoms with Gasteiger partial charge in [0.1, 0.15) is 5.82 Å². The molecule has 0 bridgehead atoms. The first-order valence-electron chi connectivity index (χ1n) is 7.77. The molecule has 0 saturated carbocycles. The fourth-order valence-electron chi connectivity index (χ4n) is 2.21. The minimum Gasteiger partial charge on any atom is -0.403 e. The third-order valence-corrected chi connectivity index (χ3v) is 4.14. The number of anilines is 3. The number of nitrogens with one attached hydrogen (secondary N) is 2. The molecule has 1 heterocycles. The third-order valence-electron chi connectivity index (χ3n) is 3.47. The molecule has 0 aliphatic rings. The van der Waals surface area contributed by atoms with Crippen LogP contribution in [-0.4, -0.2) is 16.7 Å². The van der Waals surface area contributed by atoms with Crippen molar-refractivity contribution in [2.75, 3.05) is 17.2 Å². The molecule has 2 N–H and O–H groups in total. The Morgan fingerprint density at radius 2 is 1.88 bits per heavy atom. The molecule has 0 unspecified atom stereocenters. The number of rotatable bonds is 6. The Labute approximate surface area is 161 Å². The Hall–Kier alpha value is -2.30. The second kappa shape index (κ2) is 7.94. The Morgan fingerprint density at radius 1 is 1.08 bits per heavy atom. The zero-order valence-corrected chi connectivity index (χ0v) is 15.8. The number of halogens is 4. The van der Waals surface area contributed by atoms with E-state index in [0.29, 0.717) is 10.1 Å². The summed E-state index contributed by atoms with van der Waals surface area (Å²) in [6, 6.07) is 6.76. The SMILES string of the molecule is CCCNc1nnc(-c2ccc(F)c(F)c2Nc2ccc(I)cc2F)o1. The van der Waals surface area contributed by atoms with Gasteiger partial charge in [-0.3, -0.25) is 0 Å². The first-order chi connectivity index (χ1) is 12.5. The van der Waals surface area contributed by atoms with Crippen molar-refractivity contribution in [3.63, 3.8) is 0 Å². The smallest absolute Gasteiger partial charge is 0.315 e. The van der Waals surface area contributed by atoms with E-state index in [2.05, 4.69) is 20.8 Å². The van der Waals surface area contributed by atoms with E-state index in [0.717, 1.165) is 12.5 Å². The van der Waals surface area contributed by atoms with Crippen LogP contribution in [0.4, 0.5) is 30.6 Å². The number of benzene rings is 2. The molecule has 0 amide bonds. The summed E-state index contributed by atoms with van der Waals surface area (Å²) in [5.74, 6) is -2.86. The van der Waals surface area contributed by atoms with Gasteiger partial charge in [-0.1, -0.05) is 12.0 Å². The van der Waals surface area contributed by atoms with Crippen LogP contribution in [0.2, 0.25) is 0 Å². The van der Waals surface area contributed by atoms with Crippen molar-refractivity contribution < 1.29 is 17.6 Å². The maximum Gasteiger partial charge on any atom is 0.315 e. The monoisotopic (exact) mass is 474 g/mol. The lowest BCUT2D eigenvalue weighted by molar-refractivity contribution is 0.511. The fraction of sp³-hybridized carbons (Fsp3) is 0.176. The molecule has 5 nitrogen and oxygen atoms in total. The standard InChI is InChI=1S/C17H14F3IN4O/c1-2-7-22-17-25-24-16(26-17)10-4-5-11(18)14(20)15(10)23-13-6-3-9(21)8-12(13)19/h3-6,8,23H,2,7H2,1H3,(H,22,25). The number of hydrogen-bond acceptors (Lipinski definition) is 5. The van der Waals surface area contributed by atoms with Crippen LogP contribution in [0.5, 0.6) is 0 Å². The van der Waals surface area contributed by atoms with Crippen molar-refractivity contribution >= 4 is 40.0 Å². The third kappa shape index (κ3) is 3.92. The average Bonchev–Trinajstić information content (AvgIpc) is 3.08. The molecule has 3 rings (SSSR count). The largest absolute Gasteiger partial charge is 0.403 e. The summed E-state index contributed by atoms with van der Waals surface area (Å²) < 4.78 is 48.3. The average molecular weight is 474 g/mol. The lowest BCUT2D eigenvalue weighted by Gasteiger charge is -2.12. The molecule has 0 aliphatic carbocycles. The zero-order chi connectivity index (χ0) is 18.7. The Morgan fingerprint density at radius 3 is 2.62 bits per heavy atom. The van der Waals surface area contributed by atoms with Crippen LogP contribution in [0.3, 0.4) is 0 Å². The molecule has 2 aromatic carbocycles. The lowest BCUT2D eigenvalue weighted by Crippen LogP contribution is -2.01. The van der Waals surface area contributed by atoms with E-state index in [4.69, 9.17) is 4.42 Å². The van der Waals surface area contributed by atoms with Crippen molar-refractivity contribution in [3.8, 4) is 11.5 Å². The molecule has 0 atom stereocenters. The highest BCUT2D eigenvalue weighted by molar-refractivity contribution is 14.1. The Bertz CT molecular complexity index is 932. The van der Waals surface area contributed by atoms with E-state index >= 15 is 0 Å². The number of hydrogen-bond donors (Lipinski definition) is 2. The summed E-state index contributed by atoms with van der Waals surface area (Å²) in [6.45, 7) is 2.59. The topological polar surface area (TPSA) is 63.0 Å².